The van der Waals surface area contributed by atoms with E-state index in [1.807, 2.05) is 18.2 Å². The smallest absolute Gasteiger partial charge is 0.262 e. The Morgan fingerprint density at radius 2 is 2.05 bits per heavy atom. The summed E-state index contributed by atoms with van der Waals surface area (Å²) in [6.45, 7) is 3.95. The molecule has 0 radical (unpaired) electrons. The van der Waals surface area contributed by atoms with Crippen molar-refractivity contribution >= 4 is 23.2 Å². The van der Waals surface area contributed by atoms with Crippen molar-refractivity contribution in [3.8, 4) is 5.75 Å². The molecule has 2 aromatic carbocycles. The summed E-state index contributed by atoms with van der Waals surface area (Å²) >= 11 is 5.77. The van der Waals surface area contributed by atoms with Gasteiger partial charge in [-0.25, -0.2) is 4.39 Å². The fourth-order valence-corrected chi connectivity index (χ4v) is 2.06. The van der Waals surface area contributed by atoms with E-state index in [1.54, 1.807) is 6.07 Å². The summed E-state index contributed by atoms with van der Waals surface area (Å²) in [4.78, 5) is 11.8. The highest BCUT2D eigenvalue weighted by Crippen LogP contribution is 2.21. The first-order valence-electron chi connectivity index (χ1n) is 6.93. The van der Waals surface area contributed by atoms with Gasteiger partial charge >= 0.3 is 0 Å². The Hall–Kier alpha value is -2.07. The second-order valence-corrected chi connectivity index (χ2v) is 5.62. The predicted molar refractivity (Wildman–Crippen MR) is 86.1 cm³/mol. The van der Waals surface area contributed by atoms with E-state index >= 15 is 0 Å². The zero-order valence-electron chi connectivity index (χ0n) is 12.4. The summed E-state index contributed by atoms with van der Waals surface area (Å²) in [6, 6.07) is 11.5. The average molecular weight is 322 g/mol. The Balaban J connectivity index is 1.95. The van der Waals surface area contributed by atoms with Crippen molar-refractivity contribution in [3.05, 3.63) is 58.9 Å². The van der Waals surface area contributed by atoms with Crippen molar-refractivity contribution in [3.63, 3.8) is 0 Å². The van der Waals surface area contributed by atoms with Crippen LogP contribution in [0.25, 0.3) is 0 Å². The van der Waals surface area contributed by atoms with Crippen molar-refractivity contribution in [2.45, 2.75) is 19.8 Å². The van der Waals surface area contributed by atoms with Gasteiger partial charge in [-0.2, -0.15) is 0 Å². The van der Waals surface area contributed by atoms with Crippen LogP contribution in [0, 0.1) is 5.82 Å². The summed E-state index contributed by atoms with van der Waals surface area (Å²) in [7, 11) is 0. The molecule has 0 aliphatic heterocycles. The number of carbonyl (C=O) groups is 1. The fourth-order valence-electron chi connectivity index (χ4n) is 1.89. The van der Waals surface area contributed by atoms with E-state index in [-0.39, 0.29) is 12.3 Å². The van der Waals surface area contributed by atoms with Crippen molar-refractivity contribution in [1.29, 1.82) is 0 Å². The topological polar surface area (TPSA) is 38.3 Å². The third-order valence-electron chi connectivity index (χ3n) is 3.10. The van der Waals surface area contributed by atoms with Gasteiger partial charge in [0.25, 0.3) is 5.91 Å². The normalized spacial score (nSPS) is 10.6. The molecule has 0 bridgehead atoms. The van der Waals surface area contributed by atoms with E-state index in [2.05, 4.69) is 19.2 Å². The minimum atomic E-state index is -0.542. The molecule has 0 fully saturated rings. The van der Waals surface area contributed by atoms with Crippen LogP contribution >= 0.6 is 11.6 Å². The number of benzene rings is 2. The Morgan fingerprint density at radius 3 is 2.77 bits per heavy atom. The molecule has 0 atom stereocenters. The van der Waals surface area contributed by atoms with E-state index in [9.17, 15) is 9.18 Å². The third kappa shape index (κ3) is 4.46. The summed E-state index contributed by atoms with van der Waals surface area (Å²) in [5.74, 6) is -0.0125. The van der Waals surface area contributed by atoms with Crippen LogP contribution in [-0.4, -0.2) is 12.5 Å². The van der Waals surface area contributed by atoms with Crippen LogP contribution in [0.2, 0.25) is 5.02 Å². The highest BCUT2D eigenvalue weighted by molar-refractivity contribution is 6.30. The maximum absolute atomic E-state index is 13.5. The molecule has 1 amide bonds. The third-order valence-corrected chi connectivity index (χ3v) is 3.33. The second-order valence-electron chi connectivity index (χ2n) is 5.19. The lowest BCUT2D eigenvalue weighted by Crippen LogP contribution is -2.20. The molecule has 22 heavy (non-hydrogen) atoms. The molecule has 0 unspecified atom stereocenters. The van der Waals surface area contributed by atoms with Gasteiger partial charge < -0.3 is 10.1 Å². The quantitative estimate of drug-likeness (QED) is 0.872. The van der Waals surface area contributed by atoms with Crippen molar-refractivity contribution in [1.82, 2.24) is 0 Å². The molecular weight excluding hydrogens is 305 g/mol. The highest BCUT2D eigenvalue weighted by Gasteiger charge is 2.09. The zero-order valence-corrected chi connectivity index (χ0v) is 13.2. The predicted octanol–water partition coefficient (Wildman–Crippen LogP) is 4.62. The molecule has 0 spiro atoms. The summed E-state index contributed by atoms with van der Waals surface area (Å²) in [5, 5.41) is 2.78. The van der Waals surface area contributed by atoms with Gasteiger partial charge in [0.05, 0.1) is 5.69 Å². The molecule has 0 aliphatic rings. The lowest BCUT2D eigenvalue weighted by molar-refractivity contribution is -0.118. The van der Waals surface area contributed by atoms with E-state index in [0.29, 0.717) is 16.7 Å². The molecule has 5 heteroatoms. The largest absolute Gasteiger partial charge is 0.484 e. The molecule has 0 aliphatic carbocycles. The number of halogens is 2. The van der Waals surface area contributed by atoms with Crippen LogP contribution in [0.15, 0.2) is 42.5 Å². The van der Waals surface area contributed by atoms with Gasteiger partial charge in [0.15, 0.2) is 6.61 Å². The van der Waals surface area contributed by atoms with E-state index < -0.39 is 11.7 Å². The average Bonchev–Trinajstić information content (AvgIpc) is 2.49. The molecule has 1 N–H and O–H groups in total. The van der Waals surface area contributed by atoms with Crippen LogP contribution in [0.3, 0.4) is 0 Å². The van der Waals surface area contributed by atoms with E-state index in [4.69, 9.17) is 16.3 Å². The maximum atomic E-state index is 13.5. The Labute approximate surface area is 134 Å². The Bertz CT molecular complexity index is 673. The number of hydrogen-bond donors (Lipinski definition) is 1. The Morgan fingerprint density at radius 1 is 1.27 bits per heavy atom. The number of ether oxygens (including phenoxy) is 1. The molecule has 0 heterocycles. The van der Waals surface area contributed by atoms with Crippen LogP contribution in [0.4, 0.5) is 10.1 Å². The molecule has 3 nitrogen and oxygen atoms in total. The monoisotopic (exact) mass is 321 g/mol. The number of carbonyl (C=O) groups excluding carboxylic acids is 1. The minimum Gasteiger partial charge on any atom is -0.484 e. The van der Waals surface area contributed by atoms with Crippen molar-refractivity contribution < 1.29 is 13.9 Å². The van der Waals surface area contributed by atoms with Gasteiger partial charge in [0.2, 0.25) is 0 Å². The van der Waals surface area contributed by atoms with Crippen LogP contribution in [0.1, 0.15) is 25.3 Å². The molecule has 0 aromatic heterocycles. The summed E-state index contributed by atoms with van der Waals surface area (Å²) in [6.07, 6.45) is 0. The number of nitrogens with one attached hydrogen (secondary N) is 1. The number of amides is 1. The number of rotatable bonds is 5. The van der Waals surface area contributed by atoms with Crippen LogP contribution in [-0.2, 0) is 4.79 Å². The van der Waals surface area contributed by atoms with Gasteiger partial charge in [-0.3, -0.25) is 4.79 Å². The van der Waals surface area contributed by atoms with Crippen LogP contribution < -0.4 is 10.1 Å². The molecular formula is C17H17ClFNO2. The maximum Gasteiger partial charge on any atom is 0.262 e. The SMILES string of the molecule is CC(C)c1cccc(OCC(=O)Nc2cc(Cl)ccc2F)c1. The van der Waals surface area contributed by atoms with E-state index in [0.717, 1.165) is 5.56 Å². The van der Waals surface area contributed by atoms with Gasteiger partial charge in [-0.15, -0.1) is 0 Å². The second kappa shape index (κ2) is 7.27. The highest BCUT2D eigenvalue weighted by atomic mass is 35.5. The number of hydrogen-bond acceptors (Lipinski definition) is 2. The zero-order chi connectivity index (χ0) is 16.1. The summed E-state index contributed by atoms with van der Waals surface area (Å²) in [5.41, 5.74) is 1.16. The first-order valence-corrected chi connectivity index (χ1v) is 7.31. The standard InChI is InChI=1S/C17H17ClFNO2/c1-11(2)12-4-3-5-14(8-12)22-10-17(21)20-16-9-13(18)6-7-15(16)19/h3-9,11H,10H2,1-2H3,(H,20,21). The van der Waals surface area contributed by atoms with Crippen LogP contribution in [0.5, 0.6) is 5.75 Å². The first kappa shape index (κ1) is 16.3. The molecule has 2 aromatic rings. The van der Waals surface area contributed by atoms with Gasteiger partial charge in [-0.05, 0) is 41.8 Å². The van der Waals surface area contributed by atoms with Crippen molar-refractivity contribution in [2.24, 2.45) is 0 Å². The van der Waals surface area contributed by atoms with Crippen molar-refractivity contribution in [2.75, 3.05) is 11.9 Å². The van der Waals surface area contributed by atoms with Gasteiger partial charge in [0, 0.05) is 5.02 Å². The number of anilines is 1. The Kier molecular flexibility index (Phi) is 5.39. The summed E-state index contributed by atoms with van der Waals surface area (Å²) < 4.78 is 19.0. The molecule has 0 saturated heterocycles. The molecule has 0 saturated carbocycles. The lowest BCUT2D eigenvalue weighted by atomic mass is 10.0. The molecule has 116 valence electrons. The fraction of sp³-hybridized carbons (Fsp3) is 0.235. The molecule has 2 rings (SSSR count). The van der Waals surface area contributed by atoms with Gasteiger partial charge in [0.1, 0.15) is 11.6 Å². The lowest BCUT2D eigenvalue weighted by Gasteiger charge is -2.10. The minimum absolute atomic E-state index is 0.0389. The van der Waals surface area contributed by atoms with E-state index in [1.165, 1.54) is 18.2 Å². The van der Waals surface area contributed by atoms with Gasteiger partial charge in [-0.1, -0.05) is 37.6 Å². The first-order chi connectivity index (χ1) is 10.5.